The fraction of sp³-hybridized carbons (Fsp3) is 0.364. The van der Waals surface area contributed by atoms with Crippen LogP contribution in [-0.2, 0) is 4.57 Å². The molecular weight excluding hydrogens is 227 g/mol. The Morgan fingerprint density at radius 1 is 1.25 bits per heavy atom. The topological polar surface area (TPSA) is 74.6 Å². The third-order valence-electron chi connectivity index (χ3n) is 3.03. The summed E-state index contributed by atoms with van der Waals surface area (Å²) >= 11 is 0. The molecule has 2 rings (SSSR count). The van der Waals surface area contributed by atoms with Crippen molar-refractivity contribution in [1.29, 1.82) is 0 Å². The summed E-state index contributed by atoms with van der Waals surface area (Å²) in [6.45, 7) is 0. The van der Waals surface area contributed by atoms with Gasteiger partial charge in [0.25, 0.3) is 0 Å². The lowest BCUT2D eigenvalue weighted by molar-refractivity contribution is 0.0975. The van der Waals surface area contributed by atoms with Crippen LogP contribution in [0.15, 0.2) is 30.3 Å². The fourth-order valence-electron chi connectivity index (χ4n) is 1.74. The average Bonchev–Trinajstić information content (AvgIpc) is 2.99. The summed E-state index contributed by atoms with van der Waals surface area (Å²) in [5.74, 6) is -0.193. The van der Waals surface area contributed by atoms with Crippen molar-refractivity contribution < 1.29 is 19.1 Å². The van der Waals surface area contributed by atoms with Crippen molar-refractivity contribution in [3.05, 3.63) is 35.9 Å². The van der Waals surface area contributed by atoms with Crippen molar-refractivity contribution in [2.45, 2.75) is 24.4 Å². The number of Topliss-reactive ketones (excluding diaryl/α,β-unsaturated/α-hetero) is 1. The maximum Gasteiger partial charge on any atom is 0.332 e. The Kier molecular flexibility index (Phi) is 2.74. The minimum absolute atomic E-state index is 0.0543. The van der Waals surface area contributed by atoms with Crippen LogP contribution in [-0.4, -0.2) is 20.7 Å². The average molecular weight is 240 g/mol. The largest absolute Gasteiger partial charge is 0.332 e. The molecule has 86 valence electrons. The highest BCUT2D eigenvalue weighted by Crippen LogP contribution is 2.66. The van der Waals surface area contributed by atoms with E-state index in [4.69, 9.17) is 9.79 Å². The lowest BCUT2D eigenvalue weighted by atomic mass is 10.1. The maximum atomic E-state index is 11.8. The molecule has 1 aromatic rings. The minimum atomic E-state index is -4.15. The maximum absolute atomic E-state index is 11.8. The van der Waals surface area contributed by atoms with Gasteiger partial charge in [-0.15, -0.1) is 0 Å². The van der Waals surface area contributed by atoms with Gasteiger partial charge >= 0.3 is 7.60 Å². The first-order valence-corrected chi connectivity index (χ1v) is 6.70. The van der Waals surface area contributed by atoms with Crippen molar-refractivity contribution >= 4 is 13.4 Å². The van der Waals surface area contributed by atoms with E-state index in [1.165, 1.54) is 0 Å². The normalized spacial score (nSPS) is 18.1. The van der Waals surface area contributed by atoms with Gasteiger partial charge in [0.05, 0.1) is 5.16 Å². The molecule has 0 heterocycles. The molecule has 0 spiro atoms. The molecule has 0 radical (unpaired) electrons. The number of ketones is 1. The second kappa shape index (κ2) is 3.81. The zero-order chi connectivity index (χ0) is 11.8. The van der Waals surface area contributed by atoms with Gasteiger partial charge in [-0.05, 0) is 12.8 Å². The number of hydrogen-bond acceptors (Lipinski definition) is 2. The van der Waals surface area contributed by atoms with Crippen LogP contribution in [0.5, 0.6) is 0 Å². The summed E-state index contributed by atoms with van der Waals surface area (Å²) in [5, 5.41) is -1.07. The Hall–Kier alpha value is -0.960. The van der Waals surface area contributed by atoms with Crippen LogP contribution >= 0.6 is 7.60 Å². The van der Waals surface area contributed by atoms with Gasteiger partial charge in [-0.1, -0.05) is 30.3 Å². The highest BCUT2D eigenvalue weighted by molar-refractivity contribution is 7.54. The van der Waals surface area contributed by atoms with Crippen LogP contribution in [0, 0.1) is 0 Å². The van der Waals surface area contributed by atoms with Crippen molar-refractivity contribution in [3.8, 4) is 0 Å². The van der Waals surface area contributed by atoms with Crippen LogP contribution in [0.25, 0.3) is 0 Å². The summed E-state index contributed by atoms with van der Waals surface area (Å²) in [5.41, 5.74) is 0.516. The second-order valence-corrected chi connectivity index (χ2v) is 6.27. The van der Waals surface area contributed by atoms with E-state index in [0.29, 0.717) is 18.4 Å². The highest BCUT2D eigenvalue weighted by Gasteiger charge is 2.57. The van der Waals surface area contributed by atoms with Crippen molar-refractivity contribution in [3.63, 3.8) is 0 Å². The van der Waals surface area contributed by atoms with E-state index < -0.39 is 12.8 Å². The molecule has 4 nitrogen and oxygen atoms in total. The quantitative estimate of drug-likeness (QED) is 0.623. The molecule has 1 aliphatic carbocycles. The standard InChI is InChI=1S/C11H13O4P/c12-10(9-4-2-1-3-5-9)8-11(6-7-11)16(13,14)15/h1-5H,6-8H2,(H2,13,14,15). The van der Waals surface area contributed by atoms with Crippen molar-refractivity contribution in [2.24, 2.45) is 0 Å². The smallest absolute Gasteiger partial charge is 0.324 e. The zero-order valence-electron chi connectivity index (χ0n) is 8.67. The molecule has 0 unspecified atom stereocenters. The van der Waals surface area contributed by atoms with Gasteiger partial charge in [-0.3, -0.25) is 9.36 Å². The molecule has 1 saturated carbocycles. The molecule has 5 heteroatoms. The first kappa shape index (κ1) is 11.5. The van der Waals surface area contributed by atoms with E-state index >= 15 is 0 Å². The predicted octanol–water partition coefficient (Wildman–Crippen LogP) is 1.97. The van der Waals surface area contributed by atoms with Gasteiger partial charge < -0.3 is 9.79 Å². The summed E-state index contributed by atoms with van der Waals surface area (Å²) < 4.78 is 11.2. The number of carbonyl (C=O) groups is 1. The van der Waals surface area contributed by atoms with E-state index in [1.807, 2.05) is 0 Å². The first-order valence-electron chi connectivity index (χ1n) is 5.09. The number of rotatable bonds is 4. The van der Waals surface area contributed by atoms with Gasteiger partial charge in [0.2, 0.25) is 0 Å². The van der Waals surface area contributed by atoms with Crippen molar-refractivity contribution in [1.82, 2.24) is 0 Å². The van der Waals surface area contributed by atoms with E-state index in [-0.39, 0.29) is 12.2 Å². The van der Waals surface area contributed by atoms with E-state index in [9.17, 15) is 9.36 Å². The van der Waals surface area contributed by atoms with E-state index in [1.54, 1.807) is 30.3 Å². The van der Waals surface area contributed by atoms with Crippen LogP contribution < -0.4 is 0 Å². The fourth-order valence-corrected chi connectivity index (χ4v) is 2.78. The Labute approximate surface area is 93.5 Å². The van der Waals surface area contributed by atoms with Crippen LogP contribution in [0.1, 0.15) is 29.6 Å². The highest BCUT2D eigenvalue weighted by atomic mass is 31.2. The summed E-state index contributed by atoms with van der Waals surface area (Å²) in [6.07, 6.45) is 0.826. The first-order chi connectivity index (χ1) is 7.45. The molecular formula is C11H13O4P. The Bertz CT molecular complexity index is 444. The molecule has 2 N–H and O–H groups in total. The summed E-state index contributed by atoms with van der Waals surface area (Å²) in [7, 11) is -4.15. The molecule has 0 bridgehead atoms. The van der Waals surface area contributed by atoms with Gasteiger partial charge in [0, 0.05) is 12.0 Å². The van der Waals surface area contributed by atoms with Gasteiger partial charge in [-0.2, -0.15) is 0 Å². The number of carbonyl (C=O) groups excluding carboxylic acids is 1. The molecule has 0 saturated heterocycles. The molecule has 1 aromatic carbocycles. The molecule has 0 atom stereocenters. The van der Waals surface area contributed by atoms with Crippen LogP contribution in [0.3, 0.4) is 0 Å². The zero-order valence-corrected chi connectivity index (χ0v) is 9.56. The number of benzene rings is 1. The van der Waals surface area contributed by atoms with Crippen LogP contribution in [0.4, 0.5) is 0 Å². The monoisotopic (exact) mass is 240 g/mol. The lowest BCUT2D eigenvalue weighted by Gasteiger charge is -2.15. The van der Waals surface area contributed by atoms with Crippen LogP contribution in [0.2, 0.25) is 0 Å². The molecule has 0 aliphatic heterocycles. The third-order valence-corrected chi connectivity index (χ3v) is 4.87. The van der Waals surface area contributed by atoms with Gasteiger partial charge in [0.1, 0.15) is 0 Å². The summed E-state index contributed by atoms with van der Waals surface area (Å²) in [4.78, 5) is 30.1. The molecule has 0 aromatic heterocycles. The Morgan fingerprint density at radius 2 is 1.81 bits per heavy atom. The SMILES string of the molecule is O=C(CC1(P(=O)(O)O)CC1)c1ccccc1. The molecule has 16 heavy (non-hydrogen) atoms. The van der Waals surface area contributed by atoms with E-state index in [0.717, 1.165) is 0 Å². The third kappa shape index (κ3) is 2.09. The molecule has 1 aliphatic rings. The van der Waals surface area contributed by atoms with Crippen molar-refractivity contribution in [2.75, 3.05) is 0 Å². The van der Waals surface area contributed by atoms with E-state index in [2.05, 4.69) is 0 Å². The predicted molar refractivity (Wildman–Crippen MR) is 59.4 cm³/mol. The molecule has 1 fully saturated rings. The lowest BCUT2D eigenvalue weighted by Crippen LogP contribution is -2.15. The summed E-state index contributed by atoms with van der Waals surface area (Å²) in [6, 6.07) is 8.61. The van der Waals surface area contributed by atoms with Gasteiger partial charge in [0.15, 0.2) is 5.78 Å². The Balaban J connectivity index is 2.13. The second-order valence-electron chi connectivity index (χ2n) is 4.23. The number of hydrogen-bond donors (Lipinski definition) is 2. The Morgan fingerprint density at radius 3 is 2.25 bits per heavy atom. The van der Waals surface area contributed by atoms with Gasteiger partial charge in [-0.25, -0.2) is 0 Å². The molecule has 0 amide bonds. The minimum Gasteiger partial charge on any atom is -0.324 e.